The fraction of sp³-hybridized carbons (Fsp3) is 0.250. The van der Waals surface area contributed by atoms with E-state index in [4.69, 9.17) is 17.1 Å². The van der Waals surface area contributed by atoms with Crippen LogP contribution in [0, 0.1) is 0 Å². The van der Waals surface area contributed by atoms with Crippen molar-refractivity contribution in [3.05, 3.63) is 22.6 Å². The van der Waals surface area contributed by atoms with E-state index in [-0.39, 0.29) is 6.54 Å². The Morgan fingerprint density at radius 3 is 3.00 bits per heavy atom. The first-order chi connectivity index (χ1) is 4.27. The van der Waals surface area contributed by atoms with Gasteiger partial charge in [-0.25, -0.2) is 0 Å². The molecule has 0 unspecified atom stereocenters. The van der Waals surface area contributed by atoms with Crippen molar-refractivity contribution in [1.82, 2.24) is 0 Å². The molecule has 0 radical (unpaired) electrons. The minimum absolute atomic E-state index is 0.162. The maximum Gasteiger partial charge on any atom is 0.244 e. The summed E-state index contributed by atoms with van der Waals surface area (Å²) in [5.74, 6) is 0. The predicted molar refractivity (Wildman–Crippen MR) is 34.0 cm³/mol. The summed E-state index contributed by atoms with van der Waals surface area (Å²) < 4.78 is 0. The minimum Gasteiger partial charge on any atom is -0.276 e. The lowest BCUT2D eigenvalue weighted by Gasteiger charge is -1.73. The SMILES string of the molecule is [N-]=[N+]=NC/C=C/C(=O)Cl. The Balaban J connectivity index is 3.48. The van der Waals surface area contributed by atoms with Gasteiger partial charge in [-0.1, -0.05) is 11.2 Å². The van der Waals surface area contributed by atoms with Gasteiger partial charge in [0.15, 0.2) is 0 Å². The van der Waals surface area contributed by atoms with E-state index in [1.165, 1.54) is 6.08 Å². The highest BCUT2D eigenvalue weighted by Crippen LogP contribution is 1.82. The van der Waals surface area contributed by atoms with Crippen molar-refractivity contribution in [1.29, 1.82) is 0 Å². The van der Waals surface area contributed by atoms with E-state index < -0.39 is 5.24 Å². The second kappa shape index (κ2) is 5.15. The van der Waals surface area contributed by atoms with Gasteiger partial charge < -0.3 is 0 Å². The van der Waals surface area contributed by atoms with Gasteiger partial charge in [-0.3, -0.25) is 4.79 Å². The normalized spacial score (nSPS) is 9.00. The highest BCUT2D eigenvalue weighted by atomic mass is 35.5. The lowest BCUT2D eigenvalue weighted by Crippen LogP contribution is -1.75. The average Bonchev–Trinajstić information content (AvgIpc) is 1.80. The summed E-state index contributed by atoms with van der Waals surface area (Å²) in [5, 5.41) is 2.56. The molecule has 0 aromatic carbocycles. The topological polar surface area (TPSA) is 65.8 Å². The highest BCUT2D eigenvalue weighted by Gasteiger charge is 1.80. The van der Waals surface area contributed by atoms with Crippen LogP contribution in [-0.2, 0) is 4.79 Å². The summed E-state index contributed by atoms with van der Waals surface area (Å²) in [6.45, 7) is 0.162. The standard InChI is InChI=1S/C4H4ClN3O/c5-4(9)2-1-3-7-8-6/h1-2H,3H2/b2-1+. The van der Waals surface area contributed by atoms with E-state index in [1.54, 1.807) is 0 Å². The third kappa shape index (κ3) is 7.01. The van der Waals surface area contributed by atoms with E-state index in [1.807, 2.05) is 0 Å². The van der Waals surface area contributed by atoms with E-state index in [2.05, 4.69) is 10.0 Å². The molecule has 0 N–H and O–H groups in total. The number of rotatable bonds is 3. The van der Waals surface area contributed by atoms with E-state index >= 15 is 0 Å². The Hall–Kier alpha value is -0.990. The van der Waals surface area contributed by atoms with Gasteiger partial charge in [-0.2, -0.15) is 0 Å². The third-order valence-corrected chi connectivity index (χ3v) is 0.625. The van der Waals surface area contributed by atoms with E-state index in [0.29, 0.717) is 0 Å². The predicted octanol–water partition coefficient (Wildman–Crippen LogP) is 1.62. The summed E-state index contributed by atoms with van der Waals surface area (Å²) in [6, 6.07) is 0. The van der Waals surface area contributed by atoms with Crippen LogP contribution < -0.4 is 0 Å². The summed E-state index contributed by atoms with van der Waals surface area (Å²) >= 11 is 4.90. The number of carbonyl (C=O) groups excluding carboxylic acids is 1. The van der Waals surface area contributed by atoms with Crippen molar-refractivity contribution in [2.45, 2.75) is 0 Å². The Morgan fingerprint density at radius 1 is 1.89 bits per heavy atom. The second-order valence-electron chi connectivity index (χ2n) is 1.12. The molecule has 0 rings (SSSR count). The molecule has 0 amide bonds. The number of halogens is 1. The molecular formula is C4H4ClN3O. The molecule has 0 aliphatic heterocycles. The molecule has 0 aliphatic rings. The van der Waals surface area contributed by atoms with Gasteiger partial charge in [0.2, 0.25) is 5.24 Å². The zero-order chi connectivity index (χ0) is 7.11. The number of allylic oxidation sites excluding steroid dienone is 1. The van der Waals surface area contributed by atoms with Crippen LogP contribution in [0.25, 0.3) is 10.4 Å². The first kappa shape index (κ1) is 8.01. The Labute approximate surface area is 56.7 Å². The van der Waals surface area contributed by atoms with Crippen molar-refractivity contribution in [2.75, 3.05) is 6.54 Å². The number of carbonyl (C=O) groups is 1. The van der Waals surface area contributed by atoms with Gasteiger partial charge in [-0.15, -0.1) is 0 Å². The fourth-order valence-electron chi connectivity index (χ4n) is 0.229. The number of nitrogens with zero attached hydrogens (tertiary/aromatic N) is 3. The van der Waals surface area contributed by atoms with Crippen LogP contribution in [0.4, 0.5) is 0 Å². The van der Waals surface area contributed by atoms with Crippen molar-refractivity contribution in [3.63, 3.8) is 0 Å². The van der Waals surface area contributed by atoms with Gasteiger partial charge in [0, 0.05) is 11.5 Å². The summed E-state index contributed by atoms with van der Waals surface area (Å²) in [5.41, 5.74) is 7.74. The van der Waals surface area contributed by atoms with Gasteiger partial charge in [-0.05, 0) is 23.2 Å². The second-order valence-corrected chi connectivity index (χ2v) is 1.49. The highest BCUT2D eigenvalue weighted by molar-refractivity contribution is 6.66. The third-order valence-electron chi connectivity index (χ3n) is 0.499. The Bertz CT molecular complexity index is 171. The van der Waals surface area contributed by atoms with Gasteiger partial charge in [0.1, 0.15) is 0 Å². The quantitative estimate of drug-likeness (QED) is 0.196. The molecule has 0 bridgehead atoms. The largest absolute Gasteiger partial charge is 0.276 e. The van der Waals surface area contributed by atoms with Crippen LogP contribution in [0.1, 0.15) is 0 Å². The van der Waals surface area contributed by atoms with Crippen LogP contribution in [0.2, 0.25) is 0 Å². The molecule has 0 spiro atoms. The van der Waals surface area contributed by atoms with E-state index in [0.717, 1.165) is 6.08 Å². The molecular weight excluding hydrogens is 142 g/mol. The van der Waals surface area contributed by atoms with Crippen molar-refractivity contribution >= 4 is 16.8 Å². The zero-order valence-electron chi connectivity index (χ0n) is 4.49. The Morgan fingerprint density at radius 2 is 2.56 bits per heavy atom. The molecule has 0 saturated heterocycles. The minimum atomic E-state index is -0.567. The first-order valence-electron chi connectivity index (χ1n) is 2.14. The average molecular weight is 146 g/mol. The first-order valence-corrected chi connectivity index (χ1v) is 2.52. The molecule has 0 aromatic rings. The zero-order valence-corrected chi connectivity index (χ0v) is 5.25. The van der Waals surface area contributed by atoms with Gasteiger partial charge in [0.05, 0.1) is 0 Å². The van der Waals surface area contributed by atoms with Gasteiger partial charge in [0.25, 0.3) is 0 Å². The van der Waals surface area contributed by atoms with Crippen molar-refractivity contribution in [3.8, 4) is 0 Å². The molecule has 0 aliphatic carbocycles. The maximum absolute atomic E-state index is 9.95. The number of hydrogen-bond acceptors (Lipinski definition) is 2. The van der Waals surface area contributed by atoms with Crippen LogP contribution in [-0.4, -0.2) is 11.8 Å². The molecule has 48 valence electrons. The van der Waals surface area contributed by atoms with Crippen molar-refractivity contribution < 1.29 is 4.79 Å². The monoisotopic (exact) mass is 145 g/mol. The van der Waals surface area contributed by atoms with Crippen LogP contribution in [0.5, 0.6) is 0 Å². The lowest BCUT2D eigenvalue weighted by molar-refractivity contribution is -0.107. The fourth-order valence-corrected chi connectivity index (χ4v) is 0.318. The van der Waals surface area contributed by atoms with Crippen LogP contribution in [0.3, 0.4) is 0 Å². The van der Waals surface area contributed by atoms with Crippen LogP contribution >= 0.6 is 11.6 Å². The molecule has 9 heavy (non-hydrogen) atoms. The van der Waals surface area contributed by atoms with Crippen molar-refractivity contribution in [2.24, 2.45) is 5.11 Å². The molecule has 4 nitrogen and oxygen atoms in total. The molecule has 0 fully saturated rings. The Kier molecular flexibility index (Phi) is 4.59. The summed E-state index contributed by atoms with van der Waals surface area (Å²) in [7, 11) is 0. The maximum atomic E-state index is 9.95. The van der Waals surface area contributed by atoms with E-state index in [9.17, 15) is 4.79 Å². The summed E-state index contributed by atoms with van der Waals surface area (Å²) in [4.78, 5) is 12.4. The molecule has 0 heterocycles. The molecule has 5 heteroatoms. The number of azide groups is 1. The molecule has 0 atom stereocenters. The summed E-state index contributed by atoms with van der Waals surface area (Å²) in [6.07, 6.45) is 2.52. The molecule has 0 aromatic heterocycles. The van der Waals surface area contributed by atoms with Crippen LogP contribution in [0.15, 0.2) is 17.3 Å². The number of hydrogen-bond donors (Lipinski definition) is 0. The smallest absolute Gasteiger partial charge is 0.244 e. The molecule has 0 saturated carbocycles. The lowest BCUT2D eigenvalue weighted by atomic mass is 10.5. The van der Waals surface area contributed by atoms with Gasteiger partial charge >= 0.3 is 0 Å².